The topological polar surface area (TPSA) is 0 Å². The highest BCUT2D eigenvalue weighted by atomic mass is 32.2. The van der Waals surface area contributed by atoms with E-state index in [1.54, 1.807) is 0 Å². The average molecular weight is 277 g/mol. The van der Waals surface area contributed by atoms with Gasteiger partial charge in [0.25, 0.3) is 0 Å². The molecule has 2 heteroatoms. The van der Waals surface area contributed by atoms with Crippen LogP contribution in [0, 0.1) is 0 Å². The fourth-order valence-electron chi connectivity index (χ4n) is 1.74. The Morgan fingerprint density at radius 3 is 1.94 bits per heavy atom. The summed E-state index contributed by atoms with van der Waals surface area (Å²) in [5.74, 6) is 4.10. The van der Waals surface area contributed by atoms with Crippen LogP contribution in [0.25, 0.3) is 0 Å². The van der Waals surface area contributed by atoms with Crippen LogP contribution in [0.1, 0.15) is 72.1 Å². The molecule has 0 aliphatic rings. The third-order valence-electron chi connectivity index (χ3n) is 2.90. The monoisotopic (exact) mass is 276 g/mol. The number of rotatable bonds is 13. The Morgan fingerprint density at radius 1 is 0.765 bits per heavy atom. The van der Waals surface area contributed by atoms with E-state index in [-0.39, 0.29) is 0 Å². The van der Waals surface area contributed by atoms with Crippen LogP contribution >= 0.6 is 23.5 Å². The first-order valence-corrected chi connectivity index (χ1v) is 9.70. The molecule has 0 aliphatic heterocycles. The molecule has 0 aromatic carbocycles. The molecule has 0 aromatic rings. The molecule has 0 aliphatic carbocycles. The van der Waals surface area contributed by atoms with E-state index in [1.807, 2.05) is 0 Å². The molecule has 0 N–H and O–H groups in total. The standard InChI is InChI=1S/C15H32S2/c1-4-6-8-10-12-16-14-15(3)17-13-11-9-7-5-2/h15H,4-14H2,1-3H3/t15-/m0/s1. The van der Waals surface area contributed by atoms with Gasteiger partial charge in [-0.15, -0.1) is 0 Å². The Kier molecular flexibility index (Phi) is 15.4. The van der Waals surface area contributed by atoms with Crippen molar-refractivity contribution in [1.82, 2.24) is 0 Å². The van der Waals surface area contributed by atoms with Gasteiger partial charge in [0, 0.05) is 11.0 Å². The van der Waals surface area contributed by atoms with E-state index < -0.39 is 0 Å². The van der Waals surface area contributed by atoms with E-state index >= 15 is 0 Å². The van der Waals surface area contributed by atoms with Crippen molar-refractivity contribution in [3.05, 3.63) is 0 Å². The smallest absolute Gasteiger partial charge is 0.0109 e. The summed E-state index contributed by atoms with van der Waals surface area (Å²) in [7, 11) is 0. The van der Waals surface area contributed by atoms with E-state index in [2.05, 4.69) is 44.3 Å². The van der Waals surface area contributed by atoms with Crippen molar-refractivity contribution in [2.75, 3.05) is 17.3 Å². The number of hydrogen-bond donors (Lipinski definition) is 0. The SMILES string of the molecule is CCCCCCSC[C@H](C)SCCCCCC. The van der Waals surface area contributed by atoms with Gasteiger partial charge >= 0.3 is 0 Å². The van der Waals surface area contributed by atoms with Crippen LogP contribution in [0.15, 0.2) is 0 Å². The van der Waals surface area contributed by atoms with Crippen LogP contribution in [0.3, 0.4) is 0 Å². The Morgan fingerprint density at radius 2 is 1.35 bits per heavy atom. The van der Waals surface area contributed by atoms with Crippen molar-refractivity contribution >= 4 is 23.5 Å². The molecule has 0 nitrogen and oxygen atoms in total. The lowest BCUT2D eigenvalue weighted by molar-refractivity contribution is 0.705. The predicted octanol–water partition coefficient (Wildman–Crippen LogP) is 6.00. The van der Waals surface area contributed by atoms with Crippen LogP contribution in [-0.2, 0) is 0 Å². The molecule has 0 unspecified atom stereocenters. The van der Waals surface area contributed by atoms with Gasteiger partial charge in [0.2, 0.25) is 0 Å². The highest BCUT2D eigenvalue weighted by molar-refractivity contribution is 8.03. The van der Waals surface area contributed by atoms with Gasteiger partial charge in [0.05, 0.1) is 0 Å². The van der Waals surface area contributed by atoms with Crippen molar-refractivity contribution in [2.24, 2.45) is 0 Å². The zero-order valence-corrected chi connectivity index (χ0v) is 13.8. The second-order valence-electron chi connectivity index (χ2n) is 4.88. The lowest BCUT2D eigenvalue weighted by Gasteiger charge is -2.10. The van der Waals surface area contributed by atoms with Crippen molar-refractivity contribution in [3.63, 3.8) is 0 Å². The average Bonchev–Trinajstić information content (AvgIpc) is 2.33. The minimum atomic E-state index is 0.854. The van der Waals surface area contributed by atoms with E-state index in [9.17, 15) is 0 Å². The van der Waals surface area contributed by atoms with E-state index in [0.29, 0.717) is 0 Å². The number of hydrogen-bond acceptors (Lipinski definition) is 2. The molecular formula is C15H32S2. The molecular weight excluding hydrogens is 244 g/mol. The van der Waals surface area contributed by atoms with Crippen molar-refractivity contribution in [3.8, 4) is 0 Å². The lowest BCUT2D eigenvalue weighted by Crippen LogP contribution is -2.02. The van der Waals surface area contributed by atoms with Gasteiger partial charge < -0.3 is 0 Å². The van der Waals surface area contributed by atoms with Gasteiger partial charge in [-0.1, -0.05) is 59.3 Å². The van der Waals surface area contributed by atoms with Crippen LogP contribution in [0.4, 0.5) is 0 Å². The normalized spacial score (nSPS) is 12.9. The molecule has 104 valence electrons. The summed E-state index contributed by atoms with van der Waals surface area (Å²) in [5, 5.41) is 0.854. The summed E-state index contributed by atoms with van der Waals surface area (Å²) in [6.07, 6.45) is 11.3. The van der Waals surface area contributed by atoms with Gasteiger partial charge in [-0.25, -0.2) is 0 Å². The minimum absolute atomic E-state index is 0.854. The van der Waals surface area contributed by atoms with E-state index in [1.165, 1.54) is 68.6 Å². The second kappa shape index (κ2) is 14.8. The third kappa shape index (κ3) is 14.6. The molecule has 17 heavy (non-hydrogen) atoms. The first-order valence-electron chi connectivity index (χ1n) is 7.50. The Hall–Kier alpha value is 0.700. The summed E-state index contributed by atoms with van der Waals surface area (Å²) >= 11 is 4.33. The van der Waals surface area contributed by atoms with Gasteiger partial charge in [-0.2, -0.15) is 23.5 Å². The molecule has 0 heterocycles. The van der Waals surface area contributed by atoms with Gasteiger partial charge in [0.15, 0.2) is 0 Å². The van der Waals surface area contributed by atoms with Crippen LogP contribution in [-0.4, -0.2) is 22.5 Å². The molecule has 1 atom stereocenters. The number of thioether (sulfide) groups is 2. The highest BCUT2D eigenvalue weighted by Gasteiger charge is 2.02. The maximum atomic E-state index is 2.39. The maximum Gasteiger partial charge on any atom is 0.0109 e. The molecule has 0 saturated heterocycles. The Balaban J connectivity index is 3.09. The van der Waals surface area contributed by atoms with Crippen LogP contribution in [0.2, 0.25) is 0 Å². The minimum Gasteiger partial charge on any atom is -0.161 e. The largest absolute Gasteiger partial charge is 0.161 e. The van der Waals surface area contributed by atoms with Crippen LogP contribution in [0.5, 0.6) is 0 Å². The summed E-state index contributed by atoms with van der Waals surface area (Å²) in [5.41, 5.74) is 0. The third-order valence-corrected chi connectivity index (χ3v) is 5.68. The summed E-state index contributed by atoms with van der Waals surface area (Å²) in [4.78, 5) is 0. The molecule has 0 bridgehead atoms. The molecule has 0 spiro atoms. The molecule has 0 saturated carbocycles. The summed E-state index contributed by atoms with van der Waals surface area (Å²) in [6, 6.07) is 0. The van der Waals surface area contributed by atoms with Crippen molar-refractivity contribution in [1.29, 1.82) is 0 Å². The van der Waals surface area contributed by atoms with Crippen molar-refractivity contribution in [2.45, 2.75) is 77.4 Å². The highest BCUT2D eigenvalue weighted by Crippen LogP contribution is 2.19. The van der Waals surface area contributed by atoms with E-state index in [4.69, 9.17) is 0 Å². The fraction of sp³-hybridized carbons (Fsp3) is 1.00. The molecule has 0 aromatic heterocycles. The van der Waals surface area contributed by atoms with Gasteiger partial charge in [-0.05, 0) is 24.3 Å². The van der Waals surface area contributed by atoms with Crippen molar-refractivity contribution < 1.29 is 0 Å². The fourth-order valence-corrected chi connectivity index (χ4v) is 4.10. The first kappa shape index (κ1) is 17.7. The van der Waals surface area contributed by atoms with Gasteiger partial charge in [0.1, 0.15) is 0 Å². The summed E-state index contributed by atoms with van der Waals surface area (Å²) in [6.45, 7) is 6.96. The lowest BCUT2D eigenvalue weighted by atomic mass is 10.2. The zero-order valence-electron chi connectivity index (χ0n) is 12.2. The predicted molar refractivity (Wildman–Crippen MR) is 87.5 cm³/mol. The molecule has 0 fully saturated rings. The first-order chi connectivity index (χ1) is 8.31. The summed E-state index contributed by atoms with van der Waals surface area (Å²) < 4.78 is 0. The van der Waals surface area contributed by atoms with Crippen LogP contribution < -0.4 is 0 Å². The molecule has 0 amide bonds. The number of unbranched alkanes of at least 4 members (excludes halogenated alkanes) is 6. The second-order valence-corrected chi connectivity index (χ2v) is 7.57. The Bertz CT molecular complexity index is 137. The Labute approximate surface area is 118 Å². The maximum absolute atomic E-state index is 2.39. The van der Waals surface area contributed by atoms with Gasteiger partial charge in [-0.3, -0.25) is 0 Å². The molecule has 0 radical (unpaired) electrons. The molecule has 0 rings (SSSR count). The van der Waals surface area contributed by atoms with E-state index in [0.717, 1.165) is 5.25 Å². The quantitative estimate of drug-likeness (QED) is 0.378. The zero-order chi connectivity index (χ0) is 12.8.